The van der Waals surface area contributed by atoms with E-state index in [1.165, 1.54) is 16.2 Å². The molecule has 3 rings (SSSR count). The SMILES string of the molecule is Cc1ccc(C(=O)N(C)c2cc(-c3ccccc3)sc2OC(=O)O)cc1. The summed E-state index contributed by atoms with van der Waals surface area (Å²) in [7, 11) is 1.60. The summed E-state index contributed by atoms with van der Waals surface area (Å²) in [6.07, 6.45) is -1.41. The summed E-state index contributed by atoms with van der Waals surface area (Å²) >= 11 is 1.19. The number of thiophene rings is 1. The third kappa shape index (κ3) is 3.75. The zero-order valence-electron chi connectivity index (χ0n) is 14.3. The van der Waals surface area contributed by atoms with Gasteiger partial charge in [0.05, 0.1) is 5.69 Å². The Morgan fingerprint density at radius 1 is 1.04 bits per heavy atom. The molecular weight excluding hydrogens is 350 g/mol. The molecule has 2 aromatic carbocycles. The van der Waals surface area contributed by atoms with Crippen molar-refractivity contribution < 1.29 is 19.4 Å². The normalized spacial score (nSPS) is 10.4. The van der Waals surface area contributed by atoms with Gasteiger partial charge in [-0.3, -0.25) is 4.79 Å². The van der Waals surface area contributed by atoms with Gasteiger partial charge >= 0.3 is 6.16 Å². The van der Waals surface area contributed by atoms with E-state index in [0.29, 0.717) is 11.3 Å². The van der Waals surface area contributed by atoms with Crippen LogP contribution < -0.4 is 9.64 Å². The van der Waals surface area contributed by atoms with Gasteiger partial charge in [0.15, 0.2) is 0 Å². The van der Waals surface area contributed by atoms with Gasteiger partial charge in [-0.05, 0) is 30.7 Å². The van der Waals surface area contributed by atoms with Crippen LogP contribution >= 0.6 is 11.3 Å². The van der Waals surface area contributed by atoms with E-state index in [2.05, 4.69) is 0 Å². The van der Waals surface area contributed by atoms with Gasteiger partial charge in [0, 0.05) is 17.5 Å². The molecule has 0 saturated heterocycles. The lowest BCUT2D eigenvalue weighted by Gasteiger charge is -2.17. The van der Waals surface area contributed by atoms with E-state index < -0.39 is 6.16 Å². The lowest BCUT2D eigenvalue weighted by molar-refractivity contribution is 0.0991. The molecule has 0 bridgehead atoms. The Labute approximate surface area is 155 Å². The van der Waals surface area contributed by atoms with Crippen LogP contribution in [0.25, 0.3) is 10.4 Å². The molecule has 0 unspecified atom stereocenters. The molecule has 0 atom stereocenters. The van der Waals surface area contributed by atoms with Gasteiger partial charge in [0.25, 0.3) is 5.91 Å². The van der Waals surface area contributed by atoms with Crippen molar-refractivity contribution in [1.29, 1.82) is 0 Å². The highest BCUT2D eigenvalue weighted by Gasteiger charge is 2.22. The first-order chi connectivity index (χ1) is 12.5. The monoisotopic (exact) mass is 367 g/mol. The molecule has 1 aromatic heterocycles. The molecule has 0 fully saturated rings. The molecule has 0 aliphatic heterocycles. The van der Waals surface area contributed by atoms with Gasteiger partial charge in [0.2, 0.25) is 5.06 Å². The first kappa shape index (κ1) is 17.7. The Bertz CT molecular complexity index is 932. The predicted molar refractivity (Wildman–Crippen MR) is 102 cm³/mol. The number of nitrogens with zero attached hydrogens (tertiary/aromatic N) is 1. The van der Waals surface area contributed by atoms with Crippen LogP contribution in [0.15, 0.2) is 60.7 Å². The van der Waals surface area contributed by atoms with Crippen LogP contribution in [0.5, 0.6) is 5.06 Å². The maximum Gasteiger partial charge on any atom is 0.512 e. The molecule has 6 heteroatoms. The number of anilines is 1. The minimum Gasteiger partial charge on any atom is -0.449 e. The first-order valence-corrected chi connectivity index (χ1v) is 8.72. The second-order valence-electron chi connectivity index (χ2n) is 5.75. The average Bonchev–Trinajstić information content (AvgIpc) is 3.05. The van der Waals surface area contributed by atoms with Gasteiger partial charge < -0.3 is 14.7 Å². The van der Waals surface area contributed by atoms with E-state index in [0.717, 1.165) is 16.0 Å². The predicted octanol–water partition coefficient (Wildman–Crippen LogP) is 5.06. The van der Waals surface area contributed by atoms with E-state index in [9.17, 15) is 9.59 Å². The second-order valence-corrected chi connectivity index (χ2v) is 6.76. The van der Waals surface area contributed by atoms with Gasteiger partial charge in [-0.25, -0.2) is 4.79 Å². The number of ether oxygens (including phenoxy) is 1. The number of hydrogen-bond acceptors (Lipinski definition) is 4. The van der Waals surface area contributed by atoms with Crippen molar-refractivity contribution in [1.82, 2.24) is 0 Å². The summed E-state index contributed by atoms with van der Waals surface area (Å²) in [5, 5.41) is 9.19. The van der Waals surface area contributed by atoms with Crippen LogP contribution in [-0.4, -0.2) is 24.2 Å². The topological polar surface area (TPSA) is 66.8 Å². The zero-order valence-corrected chi connectivity index (χ0v) is 15.1. The van der Waals surface area contributed by atoms with E-state index in [4.69, 9.17) is 9.84 Å². The Morgan fingerprint density at radius 2 is 1.69 bits per heavy atom. The molecule has 0 aliphatic rings. The minimum atomic E-state index is -1.41. The van der Waals surface area contributed by atoms with Gasteiger partial charge in [0.1, 0.15) is 0 Å². The molecule has 1 heterocycles. The van der Waals surface area contributed by atoms with Crippen LogP contribution in [0.3, 0.4) is 0 Å². The molecule has 0 saturated carbocycles. The molecule has 0 spiro atoms. The summed E-state index contributed by atoms with van der Waals surface area (Å²) < 4.78 is 4.92. The number of hydrogen-bond donors (Lipinski definition) is 1. The summed E-state index contributed by atoms with van der Waals surface area (Å²) in [5.41, 5.74) is 2.92. The molecule has 1 N–H and O–H groups in total. The van der Waals surface area contributed by atoms with E-state index in [1.54, 1.807) is 25.2 Å². The Morgan fingerprint density at radius 3 is 2.31 bits per heavy atom. The van der Waals surface area contributed by atoms with E-state index >= 15 is 0 Å². The van der Waals surface area contributed by atoms with E-state index in [-0.39, 0.29) is 11.0 Å². The average molecular weight is 367 g/mol. The maximum atomic E-state index is 12.8. The molecule has 0 aliphatic carbocycles. The highest BCUT2D eigenvalue weighted by atomic mass is 32.1. The fourth-order valence-corrected chi connectivity index (χ4v) is 3.53. The summed E-state index contributed by atoms with van der Waals surface area (Å²) in [6.45, 7) is 1.95. The van der Waals surface area contributed by atoms with Crippen LogP contribution in [0, 0.1) is 6.92 Å². The minimum absolute atomic E-state index is 0.166. The lowest BCUT2D eigenvalue weighted by Crippen LogP contribution is -2.26. The summed E-state index contributed by atoms with van der Waals surface area (Å²) in [6, 6.07) is 18.5. The fourth-order valence-electron chi connectivity index (χ4n) is 2.49. The van der Waals surface area contributed by atoms with Gasteiger partial charge in [-0.15, -0.1) is 0 Å². The highest BCUT2D eigenvalue weighted by Crippen LogP contribution is 2.42. The van der Waals surface area contributed by atoms with Crippen molar-refractivity contribution in [3.8, 4) is 15.5 Å². The number of benzene rings is 2. The molecule has 5 nitrogen and oxygen atoms in total. The number of rotatable bonds is 4. The number of carbonyl (C=O) groups is 2. The second kappa shape index (κ2) is 7.41. The molecule has 3 aromatic rings. The Hall–Kier alpha value is -3.12. The Balaban J connectivity index is 1.98. The number of aryl methyl sites for hydroxylation is 1. The quantitative estimate of drug-likeness (QED) is 0.655. The Kier molecular flexibility index (Phi) is 5.04. The standard InChI is InChI=1S/C20H17NO4S/c1-13-8-10-15(11-9-13)18(22)21(2)16-12-17(14-6-4-3-5-7-14)26-19(16)25-20(23)24/h3-12H,1-2H3,(H,23,24). The third-order valence-corrected chi connectivity index (χ3v) is 4.93. The smallest absolute Gasteiger partial charge is 0.449 e. The largest absolute Gasteiger partial charge is 0.512 e. The molecule has 0 radical (unpaired) electrons. The lowest BCUT2D eigenvalue weighted by atomic mass is 10.1. The van der Waals surface area contributed by atoms with Crippen molar-refractivity contribution in [2.24, 2.45) is 0 Å². The van der Waals surface area contributed by atoms with Crippen molar-refractivity contribution >= 4 is 29.1 Å². The number of amides is 1. The van der Waals surface area contributed by atoms with Gasteiger partial charge in [-0.2, -0.15) is 0 Å². The number of carboxylic acid groups (broad SMARTS) is 1. The van der Waals surface area contributed by atoms with E-state index in [1.807, 2.05) is 49.4 Å². The van der Waals surface area contributed by atoms with Crippen molar-refractivity contribution in [3.05, 3.63) is 71.8 Å². The molecular formula is C20H17NO4S. The summed E-state index contributed by atoms with van der Waals surface area (Å²) in [5.74, 6) is -0.238. The van der Waals surface area contributed by atoms with Crippen LogP contribution in [-0.2, 0) is 0 Å². The first-order valence-electron chi connectivity index (χ1n) is 7.90. The van der Waals surface area contributed by atoms with Crippen molar-refractivity contribution in [3.63, 3.8) is 0 Å². The fraction of sp³-hybridized carbons (Fsp3) is 0.100. The van der Waals surface area contributed by atoms with Crippen LogP contribution in [0.4, 0.5) is 10.5 Å². The number of carbonyl (C=O) groups excluding carboxylic acids is 1. The zero-order chi connectivity index (χ0) is 18.7. The molecule has 132 valence electrons. The summed E-state index contributed by atoms with van der Waals surface area (Å²) in [4.78, 5) is 26.0. The molecule has 1 amide bonds. The van der Waals surface area contributed by atoms with Crippen LogP contribution in [0.2, 0.25) is 0 Å². The third-order valence-electron chi connectivity index (χ3n) is 3.88. The van der Waals surface area contributed by atoms with Crippen molar-refractivity contribution in [2.45, 2.75) is 6.92 Å². The molecule has 26 heavy (non-hydrogen) atoms. The highest BCUT2D eigenvalue weighted by molar-refractivity contribution is 7.18. The van der Waals surface area contributed by atoms with Crippen LogP contribution in [0.1, 0.15) is 15.9 Å². The van der Waals surface area contributed by atoms with Gasteiger partial charge in [-0.1, -0.05) is 59.4 Å². The van der Waals surface area contributed by atoms with Crippen molar-refractivity contribution in [2.75, 3.05) is 11.9 Å². The maximum absolute atomic E-state index is 12.8.